The van der Waals surface area contributed by atoms with Crippen molar-refractivity contribution in [2.24, 2.45) is 16.6 Å². The second-order valence-corrected chi connectivity index (χ2v) is 7.40. The Hall–Kier alpha value is -1.36. The van der Waals surface area contributed by atoms with Crippen LogP contribution in [-0.2, 0) is 4.74 Å². The Morgan fingerprint density at radius 1 is 1.44 bits per heavy atom. The van der Waals surface area contributed by atoms with Gasteiger partial charge in [-0.3, -0.25) is 0 Å². The molecule has 0 aliphatic heterocycles. The third-order valence-corrected chi connectivity index (χ3v) is 5.30. The van der Waals surface area contributed by atoms with Gasteiger partial charge in [0.25, 0.3) is 0 Å². The van der Waals surface area contributed by atoms with Crippen molar-refractivity contribution in [3.63, 3.8) is 0 Å². The third kappa shape index (κ3) is 3.91. The van der Waals surface area contributed by atoms with Gasteiger partial charge < -0.3 is 15.6 Å². The van der Waals surface area contributed by atoms with Gasteiger partial charge in [0.1, 0.15) is 5.60 Å². The quantitative estimate of drug-likeness (QED) is 0.789. The molecule has 0 aromatic heterocycles. The standard InChI is InChI=1S/C20H27ClN2O2/c1-2-11-25-20(14-8-9-14)10-4-7-17(18(22)13-24)19(20)23-16-6-3-5-15(21)12-16/h3,5-6,12,14,24H,2,4,7-11,13,22H2,1H3/b18-17-,23-19?. The van der Waals surface area contributed by atoms with Crippen LogP contribution in [0.15, 0.2) is 40.5 Å². The molecule has 0 bridgehead atoms. The van der Waals surface area contributed by atoms with Crippen LogP contribution < -0.4 is 5.73 Å². The van der Waals surface area contributed by atoms with Gasteiger partial charge in [0, 0.05) is 17.3 Å². The van der Waals surface area contributed by atoms with Crippen LogP contribution in [0, 0.1) is 5.92 Å². The van der Waals surface area contributed by atoms with Gasteiger partial charge in [-0.2, -0.15) is 0 Å². The van der Waals surface area contributed by atoms with Crippen molar-refractivity contribution >= 4 is 23.0 Å². The van der Waals surface area contributed by atoms with E-state index >= 15 is 0 Å². The molecule has 2 aliphatic carbocycles. The molecule has 1 aromatic carbocycles. The van der Waals surface area contributed by atoms with E-state index in [0.717, 1.165) is 55.5 Å². The van der Waals surface area contributed by atoms with Crippen LogP contribution >= 0.6 is 11.6 Å². The predicted octanol–water partition coefficient (Wildman–Crippen LogP) is 4.38. The molecule has 5 heteroatoms. The Morgan fingerprint density at radius 3 is 2.88 bits per heavy atom. The third-order valence-electron chi connectivity index (χ3n) is 5.07. The van der Waals surface area contributed by atoms with Crippen molar-refractivity contribution in [1.29, 1.82) is 0 Å². The Bertz CT molecular complexity index is 682. The van der Waals surface area contributed by atoms with Crippen molar-refractivity contribution in [2.45, 2.75) is 51.0 Å². The Labute approximate surface area is 154 Å². The molecule has 2 fully saturated rings. The zero-order valence-corrected chi connectivity index (χ0v) is 15.6. The Morgan fingerprint density at radius 2 is 2.24 bits per heavy atom. The molecule has 4 nitrogen and oxygen atoms in total. The summed E-state index contributed by atoms with van der Waals surface area (Å²) in [7, 11) is 0. The molecule has 3 N–H and O–H groups in total. The minimum Gasteiger partial charge on any atom is -0.400 e. The molecule has 0 heterocycles. The van der Waals surface area contributed by atoms with Gasteiger partial charge in [0.05, 0.1) is 18.0 Å². The highest BCUT2D eigenvalue weighted by atomic mass is 35.5. The zero-order chi connectivity index (χ0) is 17.9. The van der Waals surface area contributed by atoms with E-state index < -0.39 is 0 Å². The van der Waals surface area contributed by atoms with Crippen LogP contribution in [0.2, 0.25) is 5.02 Å². The van der Waals surface area contributed by atoms with Crippen molar-refractivity contribution in [2.75, 3.05) is 13.2 Å². The van der Waals surface area contributed by atoms with Crippen molar-refractivity contribution < 1.29 is 9.84 Å². The zero-order valence-electron chi connectivity index (χ0n) is 14.8. The van der Waals surface area contributed by atoms with E-state index in [9.17, 15) is 5.11 Å². The van der Waals surface area contributed by atoms with E-state index in [1.165, 1.54) is 0 Å². The van der Waals surface area contributed by atoms with E-state index in [-0.39, 0.29) is 12.2 Å². The molecular weight excluding hydrogens is 336 g/mol. The lowest BCUT2D eigenvalue weighted by molar-refractivity contribution is -0.0189. The van der Waals surface area contributed by atoms with Crippen LogP contribution in [0.4, 0.5) is 5.69 Å². The molecule has 1 atom stereocenters. The molecular formula is C20H27ClN2O2. The minimum absolute atomic E-state index is 0.154. The van der Waals surface area contributed by atoms with Crippen molar-refractivity contribution in [3.05, 3.63) is 40.6 Å². The summed E-state index contributed by atoms with van der Waals surface area (Å²) in [5.41, 5.74) is 8.95. The van der Waals surface area contributed by atoms with Gasteiger partial charge in [0.15, 0.2) is 0 Å². The van der Waals surface area contributed by atoms with E-state index in [1.54, 1.807) is 0 Å². The molecule has 0 amide bonds. The average molecular weight is 363 g/mol. The molecule has 1 unspecified atom stereocenters. The number of aliphatic imine (C=N–C) groups is 1. The van der Waals surface area contributed by atoms with Crippen LogP contribution in [0.25, 0.3) is 0 Å². The number of benzene rings is 1. The fourth-order valence-electron chi connectivity index (χ4n) is 3.75. The SMILES string of the molecule is CCCOC1(C2CC2)CCC/C(=C(/N)CO)C1=Nc1cccc(Cl)c1. The summed E-state index contributed by atoms with van der Waals surface area (Å²) in [6, 6.07) is 7.53. The topological polar surface area (TPSA) is 67.8 Å². The molecule has 1 aromatic rings. The van der Waals surface area contributed by atoms with E-state index in [2.05, 4.69) is 6.92 Å². The van der Waals surface area contributed by atoms with Gasteiger partial charge in [-0.1, -0.05) is 24.6 Å². The number of rotatable bonds is 6. The van der Waals surface area contributed by atoms with Gasteiger partial charge in [-0.25, -0.2) is 4.99 Å². The van der Waals surface area contributed by atoms with Crippen LogP contribution in [0.3, 0.4) is 0 Å². The van der Waals surface area contributed by atoms with E-state index in [1.807, 2.05) is 24.3 Å². The summed E-state index contributed by atoms with van der Waals surface area (Å²) in [6.07, 6.45) is 6.07. The van der Waals surface area contributed by atoms with E-state index in [4.69, 9.17) is 27.1 Å². The van der Waals surface area contributed by atoms with Gasteiger partial charge in [-0.15, -0.1) is 0 Å². The summed E-state index contributed by atoms with van der Waals surface area (Å²) in [5.74, 6) is 0.485. The first-order valence-electron chi connectivity index (χ1n) is 9.18. The highest BCUT2D eigenvalue weighted by Gasteiger charge is 2.52. The Balaban J connectivity index is 2.11. The van der Waals surface area contributed by atoms with Gasteiger partial charge in [0.2, 0.25) is 0 Å². The normalized spacial score (nSPS) is 27.6. The van der Waals surface area contributed by atoms with Gasteiger partial charge in [-0.05, 0) is 68.2 Å². The first-order valence-corrected chi connectivity index (χ1v) is 9.56. The summed E-state index contributed by atoms with van der Waals surface area (Å²) in [4.78, 5) is 4.96. The number of halogens is 1. The second-order valence-electron chi connectivity index (χ2n) is 6.97. The summed E-state index contributed by atoms with van der Waals surface area (Å²) in [6.45, 7) is 2.67. The molecule has 3 rings (SSSR count). The number of nitrogens with two attached hydrogens (primary N) is 1. The van der Waals surface area contributed by atoms with E-state index in [0.29, 0.717) is 23.2 Å². The maximum atomic E-state index is 9.62. The first kappa shape index (κ1) is 18.4. The maximum absolute atomic E-state index is 9.62. The fourth-order valence-corrected chi connectivity index (χ4v) is 3.94. The molecule has 2 saturated carbocycles. The molecule has 2 aliphatic rings. The molecule has 25 heavy (non-hydrogen) atoms. The number of hydrogen-bond acceptors (Lipinski definition) is 4. The molecule has 136 valence electrons. The number of nitrogens with zero attached hydrogens (tertiary/aromatic N) is 1. The summed E-state index contributed by atoms with van der Waals surface area (Å²) < 4.78 is 6.45. The van der Waals surface area contributed by atoms with Crippen molar-refractivity contribution in [3.8, 4) is 0 Å². The summed E-state index contributed by atoms with van der Waals surface area (Å²) >= 11 is 6.14. The Kier molecular flexibility index (Phi) is 5.82. The highest BCUT2D eigenvalue weighted by molar-refractivity contribution is 6.30. The fraction of sp³-hybridized carbons (Fsp3) is 0.550. The minimum atomic E-state index is -0.383. The smallest absolute Gasteiger partial charge is 0.113 e. The second kappa shape index (κ2) is 7.90. The highest BCUT2D eigenvalue weighted by Crippen LogP contribution is 2.50. The first-order chi connectivity index (χ1) is 12.1. The van der Waals surface area contributed by atoms with Crippen LogP contribution in [0.1, 0.15) is 45.4 Å². The number of hydrogen-bond donors (Lipinski definition) is 2. The lowest BCUT2D eigenvalue weighted by Gasteiger charge is -2.40. The monoisotopic (exact) mass is 362 g/mol. The largest absolute Gasteiger partial charge is 0.400 e. The molecule has 0 radical (unpaired) electrons. The lowest BCUT2D eigenvalue weighted by Crippen LogP contribution is -2.48. The van der Waals surface area contributed by atoms with Crippen LogP contribution in [-0.4, -0.2) is 29.6 Å². The number of aliphatic hydroxyl groups excluding tert-OH is 1. The maximum Gasteiger partial charge on any atom is 0.113 e. The average Bonchev–Trinajstić information content (AvgIpc) is 3.46. The van der Waals surface area contributed by atoms with Crippen molar-refractivity contribution in [1.82, 2.24) is 0 Å². The number of ether oxygens (including phenoxy) is 1. The lowest BCUT2D eigenvalue weighted by atomic mass is 9.75. The molecule has 0 saturated heterocycles. The number of aliphatic hydroxyl groups is 1. The summed E-state index contributed by atoms with van der Waals surface area (Å²) in [5, 5.41) is 10.3. The molecule has 0 spiro atoms. The van der Waals surface area contributed by atoms with Gasteiger partial charge >= 0.3 is 0 Å². The van der Waals surface area contributed by atoms with Crippen LogP contribution in [0.5, 0.6) is 0 Å². The predicted molar refractivity (Wildman–Crippen MR) is 102 cm³/mol.